The second-order valence-corrected chi connectivity index (χ2v) is 4.26. The van der Waals surface area contributed by atoms with Crippen LogP contribution in [0.5, 0.6) is 0 Å². The van der Waals surface area contributed by atoms with Crippen molar-refractivity contribution < 1.29 is 9.53 Å². The molecule has 0 amide bonds. The lowest BCUT2D eigenvalue weighted by Crippen LogP contribution is -2.06. The molecule has 0 saturated heterocycles. The van der Waals surface area contributed by atoms with Crippen LogP contribution >= 0.6 is 0 Å². The first-order valence-electron chi connectivity index (χ1n) is 5.86. The van der Waals surface area contributed by atoms with Gasteiger partial charge in [0.2, 0.25) is 0 Å². The van der Waals surface area contributed by atoms with Gasteiger partial charge in [0.15, 0.2) is 0 Å². The normalized spacial score (nSPS) is 12.1. The van der Waals surface area contributed by atoms with Crippen molar-refractivity contribution in [3.63, 3.8) is 0 Å². The molecule has 0 radical (unpaired) electrons. The van der Waals surface area contributed by atoms with Crippen molar-refractivity contribution in [3.8, 4) is 0 Å². The first-order valence-corrected chi connectivity index (χ1v) is 5.86. The minimum atomic E-state index is -0.185. The number of carbonyl (C=O) groups excluding carboxylic acids is 1. The van der Waals surface area contributed by atoms with Gasteiger partial charge in [-0.2, -0.15) is 0 Å². The van der Waals surface area contributed by atoms with Crippen molar-refractivity contribution in [2.45, 2.75) is 33.1 Å². The highest BCUT2D eigenvalue weighted by atomic mass is 16.5. The number of rotatable bonds is 6. The maximum absolute atomic E-state index is 10.6. The summed E-state index contributed by atoms with van der Waals surface area (Å²) in [4.78, 5) is 10.6. The third-order valence-electron chi connectivity index (χ3n) is 2.68. The average molecular weight is 220 g/mol. The molecule has 0 aliphatic rings. The van der Waals surface area contributed by atoms with E-state index in [4.69, 9.17) is 4.74 Å². The van der Waals surface area contributed by atoms with Gasteiger partial charge in [-0.05, 0) is 30.7 Å². The summed E-state index contributed by atoms with van der Waals surface area (Å²) < 4.78 is 4.93. The molecule has 0 aromatic heterocycles. The molecule has 0 fully saturated rings. The second kappa shape index (κ2) is 7.04. The van der Waals surface area contributed by atoms with Gasteiger partial charge in [-0.3, -0.25) is 4.79 Å². The fourth-order valence-electron chi connectivity index (χ4n) is 1.61. The van der Waals surface area contributed by atoms with Crippen LogP contribution in [-0.4, -0.2) is 12.6 Å². The van der Waals surface area contributed by atoms with Crippen LogP contribution in [0.15, 0.2) is 30.3 Å². The standard InChI is InChI=1S/C14H20O2/c1-12(10-11-16-13(2)15)8-9-14-6-4-3-5-7-14/h3-7,12H,8-11H2,1-2H3/t12-/m1/s1. The molecule has 0 bridgehead atoms. The van der Waals surface area contributed by atoms with Gasteiger partial charge in [-0.1, -0.05) is 37.3 Å². The molecule has 0 N–H and O–H groups in total. The van der Waals surface area contributed by atoms with Crippen molar-refractivity contribution >= 4 is 5.97 Å². The van der Waals surface area contributed by atoms with Gasteiger partial charge in [-0.15, -0.1) is 0 Å². The van der Waals surface area contributed by atoms with Crippen molar-refractivity contribution in [1.82, 2.24) is 0 Å². The number of aryl methyl sites for hydroxylation is 1. The minimum Gasteiger partial charge on any atom is -0.466 e. The molecule has 2 heteroatoms. The molecule has 2 nitrogen and oxygen atoms in total. The first kappa shape index (κ1) is 12.8. The number of hydrogen-bond acceptors (Lipinski definition) is 2. The summed E-state index contributed by atoms with van der Waals surface area (Å²) in [5, 5.41) is 0. The molecule has 0 saturated carbocycles. The third kappa shape index (κ3) is 5.54. The molecule has 1 aromatic rings. The summed E-state index contributed by atoms with van der Waals surface area (Å²) in [7, 11) is 0. The number of esters is 1. The molecular weight excluding hydrogens is 200 g/mol. The lowest BCUT2D eigenvalue weighted by atomic mass is 9.99. The van der Waals surface area contributed by atoms with E-state index in [0.717, 1.165) is 19.3 Å². The van der Waals surface area contributed by atoms with Crippen LogP contribution in [0, 0.1) is 5.92 Å². The molecule has 0 unspecified atom stereocenters. The smallest absolute Gasteiger partial charge is 0.302 e. The topological polar surface area (TPSA) is 26.3 Å². The van der Waals surface area contributed by atoms with E-state index in [9.17, 15) is 4.79 Å². The van der Waals surface area contributed by atoms with Gasteiger partial charge in [0.25, 0.3) is 0 Å². The maximum Gasteiger partial charge on any atom is 0.302 e. The lowest BCUT2D eigenvalue weighted by Gasteiger charge is -2.10. The largest absolute Gasteiger partial charge is 0.466 e. The van der Waals surface area contributed by atoms with Gasteiger partial charge >= 0.3 is 5.97 Å². The predicted molar refractivity (Wildman–Crippen MR) is 65.2 cm³/mol. The Balaban J connectivity index is 2.15. The molecule has 0 spiro atoms. The Hall–Kier alpha value is -1.31. The Morgan fingerprint density at radius 3 is 2.56 bits per heavy atom. The Labute approximate surface area is 97.6 Å². The van der Waals surface area contributed by atoms with E-state index in [1.54, 1.807) is 0 Å². The summed E-state index contributed by atoms with van der Waals surface area (Å²) in [6.45, 7) is 4.20. The fourth-order valence-corrected chi connectivity index (χ4v) is 1.61. The van der Waals surface area contributed by atoms with Gasteiger partial charge in [-0.25, -0.2) is 0 Å². The monoisotopic (exact) mass is 220 g/mol. The molecular formula is C14H20O2. The Morgan fingerprint density at radius 2 is 1.94 bits per heavy atom. The number of hydrogen-bond donors (Lipinski definition) is 0. The molecule has 1 atom stereocenters. The SMILES string of the molecule is CC(=O)OCC[C@H](C)CCc1ccccc1. The average Bonchev–Trinajstić information content (AvgIpc) is 2.27. The molecule has 1 aromatic carbocycles. The van der Waals surface area contributed by atoms with Crippen LogP contribution in [0.25, 0.3) is 0 Å². The third-order valence-corrected chi connectivity index (χ3v) is 2.68. The second-order valence-electron chi connectivity index (χ2n) is 4.26. The van der Waals surface area contributed by atoms with E-state index >= 15 is 0 Å². The molecule has 0 aliphatic carbocycles. The summed E-state index contributed by atoms with van der Waals surface area (Å²) in [6, 6.07) is 10.5. The highest BCUT2D eigenvalue weighted by Crippen LogP contribution is 2.12. The highest BCUT2D eigenvalue weighted by Gasteiger charge is 2.03. The van der Waals surface area contributed by atoms with Crippen molar-refractivity contribution in [2.75, 3.05) is 6.61 Å². The van der Waals surface area contributed by atoms with Crippen LogP contribution in [0.4, 0.5) is 0 Å². The zero-order chi connectivity index (χ0) is 11.8. The first-order chi connectivity index (χ1) is 7.68. The number of ether oxygens (including phenoxy) is 1. The Bertz CT molecular complexity index is 306. The summed E-state index contributed by atoms with van der Waals surface area (Å²) >= 11 is 0. The minimum absolute atomic E-state index is 0.185. The van der Waals surface area contributed by atoms with Crippen LogP contribution in [0.3, 0.4) is 0 Å². The van der Waals surface area contributed by atoms with E-state index in [0.29, 0.717) is 12.5 Å². The maximum atomic E-state index is 10.6. The van der Waals surface area contributed by atoms with Crippen LogP contribution in [-0.2, 0) is 16.0 Å². The number of carbonyl (C=O) groups is 1. The zero-order valence-electron chi connectivity index (χ0n) is 10.1. The quantitative estimate of drug-likeness (QED) is 0.688. The van der Waals surface area contributed by atoms with E-state index in [1.165, 1.54) is 12.5 Å². The van der Waals surface area contributed by atoms with Crippen molar-refractivity contribution in [3.05, 3.63) is 35.9 Å². The van der Waals surface area contributed by atoms with E-state index in [2.05, 4.69) is 31.2 Å². The predicted octanol–water partition coefficient (Wildman–Crippen LogP) is 3.21. The summed E-state index contributed by atoms with van der Waals surface area (Å²) in [6.07, 6.45) is 3.19. The molecule has 0 aliphatic heterocycles. The van der Waals surface area contributed by atoms with Crippen LogP contribution in [0.1, 0.15) is 32.3 Å². The van der Waals surface area contributed by atoms with E-state index in [1.807, 2.05) is 6.07 Å². The lowest BCUT2D eigenvalue weighted by molar-refractivity contribution is -0.141. The molecule has 0 heterocycles. The Morgan fingerprint density at radius 1 is 1.25 bits per heavy atom. The van der Waals surface area contributed by atoms with E-state index in [-0.39, 0.29) is 5.97 Å². The summed E-state index contributed by atoms with van der Waals surface area (Å²) in [5.74, 6) is 0.412. The highest BCUT2D eigenvalue weighted by molar-refractivity contribution is 5.65. The van der Waals surface area contributed by atoms with Crippen LogP contribution in [0.2, 0.25) is 0 Å². The van der Waals surface area contributed by atoms with Crippen molar-refractivity contribution in [2.24, 2.45) is 5.92 Å². The van der Waals surface area contributed by atoms with Crippen LogP contribution < -0.4 is 0 Å². The fraction of sp³-hybridized carbons (Fsp3) is 0.500. The van der Waals surface area contributed by atoms with Gasteiger partial charge in [0.1, 0.15) is 0 Å². The number of benzene rings is 1. The van der Waals surface area contributed by atoms with Gasteiger partial charge in [0.05, 0.1) is 6.61 Å². The molecule has 16 heavy (non-hydrogen) atoms. The van der Waals surface area contributed by atoms with E-state index < -0.39 is 0 Å². The van der Waals surface area contributed by atoms with Crippen molar-refractivity contribution in [1.29, 1.82) is 0 Å². The Kier molecular flexibility index (Phi) is 5.62. The molecule has 88 valence electrons. The zero-order valence-corrected chi connectivity index (χ0v) is 10.1. The summed E-state index contributed by atoms with van der Waals surface area (Å²) in [5.41, 5.74) is 1.38. The van der Waals surface area contributed by atoms with Gasteiger partial charge in [0, 0.05) is 6.92 Å². The van der Waals surface area contributed by atoms with Gasteiger partial charge < -0.3 is 4.74 Å². The molecule has 1 rings (SSSR count).